The van der Waals surface area contributed by atoms with Gasteiger partial charge in [0.05, 0.1) is 5.69 Å². The summed E-state index contributed by atoms with van der Waals surface area (Å²) in [5, 5.41) is 7.48. The Bertz CT molecular complexity index is 685. The van der Waals surface area contributed by atoms with Crippen LogP contribution in [0.25, 0.3) is 0 Å². The summed E-state index contributed by atoms with van der Waals surface area (Å²) in [6.07, 6.45) is 6.25. The van der Waals surface area contributed by atoms with Gasteiger partial charge in [0.25, 0.3) is 0 Å². The Morgan fingerprint density at radius 2 is 2.27 bits per heavy atom. The summed E-state index contributed by atoms with van der Waals surface area (Å²) in [6, 6.07) is 0. The van der Waals surface area contributed by atoms with E-state index in [0.29, 0.717) is 6.54 Å². The third-order valence-electron chi connectivity index (χ3n) is 4.65. The van der Waals surface area contributed by atoms with Gasteiger partial charge in [0.15, 0.2) is 0 Å². The quantitative estimate of drug-likeness (QED) is 0.921. The maximum atomic E-state index is 12.3. The molecule has 1 aliphatic heterocycles. The molecule has 0 aliphatic carbocycles. The highest BCUT2D eigenvalue weighted by Gasteiger charge is 2.25. The normalized spacial score (nSPS) is 17.3. The standard InChI is InChI=1S/C16H23N5O/c1-11-14(12(2)20(3)19-11)4-6-18-16(22)13-5-8-21-9-7-17-15(21)10-13/h7,9,13H,4-6,8,10H2,1-3H3,(H,18,22). The van der Waals surface area contributed by atoms with Crippen LogP contribution in [0, 0.1) is 19.8 Å². The molecule has 1 atom stereocenters. The number of aryl methyl sites for hydroxylation is 3. The van der Waals surface area contributed by atoms with Crippen LogP contribution in [0.4, 0.5) is 0 Å². The number of fused-ring (bicyclic) bond motifs is 1. The first-order valence-electron chi connectivity index (χ1n) is 7.83. The van der Waals surface area contributed by atoms with Crippen LogP contribution in [0.3, 0.4) is 0 Å². The van der Waals surface area contributed by atoms with E-state index >= 15 is 0 Å². The highest BCUT2D eigenvalue weighted by atomic mass is 16.1. The van der Waals surface area contributed by atoms with Crippen molar-refractivity contribution in [1.82, 2.24) is 24.6 Å². The van der Waals surface area contributed by atoms with Gasteiger partial charge in [-0.25, -0.2) is 4.98 Å². The maximum absolute atomic E-state index is 12.3. The van der Waals surface area contributed by atoms with Gasteiger partial charge in [-0.3, -0.25) is 9.48 Å². The van der Waals surface area contributed by atoms with E-state index in [1.54, 1.807) is 0 Å². The molecule has 0 spiro atoms. The molecule has 2 aromatic heterocycles. The van der Waals surface area contributed by atoms with Crippen molar-refractivity contribution in [3.05, 3.63) is 35.2 Å². The Morgan fingerprint density at radius 1 is 1.45 bits per heavy atom. The van der Waals surface area contributed by atoms with E-state index in [4.69, 9.17) is 0 Å². The molecule has 0 saturated carbocycles. The summed E-state index contributed by atoms with van der Waals surface area (Å²) in [7, 11) is 1.95. The van der Waals surface area contributed by atoms with Gasteiger partial charge in [0.2, 0.25) is 5.91 Å². The van der Waals surface area contributed by atoms with E-state index in [1.165, 1.54) is 11.3 Å². The molecule has 118 valence electrons. The van der Waals surface area contributed by atoms with Crippen LogP contribution in [0.1, 0.15) is 29.2 Å². The molecule has 1 N–H and O–H groups in total. The van der Waals surface area contributed by atoms with Crippen molar-refractivity contribution in [2.45, 2.75) is 39.7 Å². The number of nitrogens with zero attached hydrogens (tertiary/aromatic N) is 4. The topological polar surface area (TPSA) is 64.7 Å². The number of imidazole rings is 1. The number of amides is 1. The van der Waals surface area contributed by atoms with Gasteiger partial charge >= 0.3 is 0 Å². The number of hydrogen-bond donors (Lipinski definition) is 1. The fourth-order valence-electron chi connectivity index (χ4n) is 3.21. The first kappa shape index (κ1) is 14.8. The van der Waals surface area contributed by atoms with E-state index in [9.17, 15) is 4.79 Å². The van der Waals surface area contributed by atoms with Gasteiger partial charge in [0.1, 0.15) is 5.82 Å². The third-order valence-corrected chi connectivity index (χ3v) is 4.65. The van der Waals surface area contributed by atoms with E-state index < -0.39 is 0 Å². The minimum atomic E-state index is 0.0472. The Kier molecular flexibility index (Phi) is 4.00. The zero-order valence-electron chi connectivity index (χ0n) is 13.5. The van der Waals surface area contributed by atoms with Gasteiger partial charge in [-0.1, -0.05) is 0 Å². The van der Waals surface area contributed by atoms with Crippen molar-refractivity contribution in [2.24, 2.45) is 13.0 Å². The molecule has 6 nitrogen and oxygen atoms in total. The van der Waals surface area contributed by atoms with Crippen LogP contribution < -0.4 is 5.32 Å². The van der Waals surface area contributed by atoms with Crippen molar-refractivity contribution in [3.63, 3.8) is 0 Å². The molecular formula is C16H23N5O. The lowest BCUT2D eigenvalue weighted by Crippen LogP contribution is -2.36. The summed E-state index contributed by atoms with van der Waals surface area (Å²) in [5.74, 6) is 1.21. The van der Waals surface area contributed by atoms with Crippen molar-refractivity contribution >= 4 is 5.91 Å². The number of hydrogen-bond acceptors (Lipinski definition) is 3. The molecule has 1 unspecified atom stereocenters. The first-order chi connectivity index (χ1) is 10.6. The molecule has 0 bridgehead atoms. The molecular weight excluding hydrogens is 278 g/mol. The second kappa shape index (κ2) is 5.94. The lowest BCUT2D eigenvalue weighted by Gasteiger charge is -2.22. The molecule has 0 fully saturated rings. The molecule has 3 heterocycles. The van der Waals surface area contributed by atoms with Gasteiger partial charge in [0, 0.05) is 50.6 Å². The van der Waals surface area contributed by atoms with Crippen LogP contribution in [0.15, 0.2) is 12.4 Å². The van der Waals surface area contributed by atoms with E-state index in [-0.39, 0.29) is 11.8 Å². The molecule has 2 aromatic rings. The van der Waals surface area contributed by atoms with Crippen molar-refractivity contribution in [3.8, 4) is 0 Å². The average Bonchev–Trinajstić information content (AvgIpc) is 3.06. The Morgan fingerprint density at radius 3 is 3.00 bits per heavy atom. The lowest BCUT2D eigenvalue weighted by molar-refractivity contribution is -0.125. The first-order valence-corrected chi connectivity index (χ1v) is 7.83. The molecule has 6 heteroatoms. The number of carbonyl (C=O) groups excluding carboxylic acids is 1. The van der Waals surface area contributed by atoms with Gasteiger partial charge in [-0.15, -0.1) is 0 Å². The summed E-state index contributed by atoms with van der Waals surface area (Å²) in [5.41, 5.74) is 3.46. The largest absolute Gasteiger partial charge is 0.356 e. The van der Waals surface area contributed by atoms with E-state index in [0.717, 1.165) is 37.3 Å². The fraction of sp³-hybridized carbons (Fsp3) is 0.562. The zero-order valence-corrected chi connectivity index (χ0v) is 13.5. The van der Waals surface area contributed by atoms with Crippen molar-refractivity contribution < 1.29 is 4.79 Å². The second-order valence-electron chi connectivity index (χ2n) is 6.04. The molecule has 1 amide bonds. The van der Waals surface area contributed by atoms with E-state index in [2.05, 4.69) is 26.9 Å². The lowest BCUT2D eigenvalue weighted by atomic mass is 9.97. The monoisotopic (exact) mass is 301 g/mol. The summed E-state index contributed by atoms with van der Waals surface area (Å²) >= 11 is 0. The van der Waals surface area contributed by atoms with Gasteiger partial charge < -0.3 is 9.88 Å². The summed E-state index contributed by atoms with van der Waals surface area (Å²) < 4.78 is 4.03. The fourth-order valence-corrected chi connectivity index (χ4v) is 3.21. The highest BCUT2D eigenvalue weighted by Crippen LogP contribution is 2.19. The average molecular weight is 301 g/mol. The summed E-state index contributed by atoms with van der Waals surface area (Å²) in [4.78, 5) is 16.6. The minimum absolute atomic E-state index is 0.0472. The van der Waals surface area contributed by atoms with Crippen LogP contribution >= 0.6 is 0 Å². The van der Waals surface area contributed by atoms with Crippen LogP contribution in [-0.4, -0.2) is 31.8 Å². The van der Waals surface area contributed by atoms with Crippen molar-refractivity contribution in [2.75, 3.05) is 6.54 Å². The Hall–Kier alpha value is -2.11. The van der Waals surface area contributed by atoms with Crippen LogP contribution in [-0.2, 0) is 31.2 Å². The van der Waals surface area contributed by atoms with Gasteiger partial charge in [-0.2, -0.15) is 5.10 Å². The molecule has 0 radical (unpaired) electrons. The van der Waals surface area contributed by atoms with Gasteiger partial charge in [-0.05, 0) is 32.3 Å². The molecule has 22 heavy (non-hydrogen) atoms. The zero-order chi connectivity index (χ0) is 15.7. The molecule has 0 aromatic carbocycles. The summed E-state index contributed by atoms with van der Waals surface area (Å²) in [6.45, 7) is 5.63. The number of nitrogens with one attached hydrogen (secondary N) is 1. The maximum Gasteiger partial charge on any atom is 0.223 e. The number of aromatic nitrogens is 4. The van der Waals surface area contributed by atoms with Crippen LogP contribution in [0.5, 0.6) is 0 Å². The Labute approximate surface area is 130 Å². The minimum Gasteiger partial charge on any atom is -0.356 e. The Balaban J connectivity index is 1.53. The predicted molar refractivity (Wildman–Crippen MR) is 83.4 cm³/mol. The molecule has 0 saturated heterocycles. The number of carbonyl (C=O) groups is 1. The van der Waals surface area contributed by atoms with Crippen molar-refractivity contribution in [1.29, 1.82) is 0 Å². The third kappa shape index (κ3) is 2.77. The smallest absolute Gasteiger partial charge is 0.223 e. The molecule has 3 rings (SSSR count). The SMILES string of the molecule is Cc1nn(C)c(C)c1CCNC(=O)C1CCn2ccnc2C1. The molecule has 1 aliphatic rings. The predicted octanol–water partition coefficient (Wildman–Crippen LogP) is 1.15. The highest BCUT2D eigenvalue weighted by molar-refractivity contribution is 5.79. The second-order valence-corrected chi connectivity index (χ2v) is 6.04. The van der Waals surface area contributed by atoms with E-state index in [1.807, 2.05) is 31.0 Å². The number of rotatable bonds is 4. The van der Waals surface area contributed by atoms with Crippen LogP contribution in [0.2, 0.25) is 0 Å².